The molecule has 0 radical (unpaired) electrons. The molecule has 1 aromatic carbocycles. The number of halogens is 2. The largest absolute Gasteiger partial charge is 0.462 e. The lowest BCUT2D eigenvalue weighted by Crippen LogP contribution is -2.56. The average molecular weight is 427 g/mol. The van der Waals surface area contributed by atoms with Crippen molar-refractivity contribution in [3.05, 3.63) is 33.8 Å². The molecule has 5 nitrogen and oxygen atoms in total. The molecule has 2 fully saturated rings. The summed E-state index contributed by atoms with van der Waals surface area (Å²) in [5.74, 6) is -0.161. The molecule has 3 rings (SSSR count). The first-order valence-electron chi connectivity index (χ1n) is 9.96. The first-order chi connectivity index (χ1) is 13.3. The quantitative estimate of drug-likeness (QED) is 0.668. The summed E-state index contributed by atoms with van der Waals surface area (Å²) in [7, 11) is 1.89. The molecule has 1 aliphatic heterocycles. The summed E-state index contributed by atoms with van der Waals surface area (Å²) < 4.78 is 5.49. The van der Waals surface area contributed by atoms with E-state index in [2.05, 4.69) is 4.90 Å². The van der Waals surface area contributed by atoms with Gasteiger partial charge in [-0.25, -0.2) is 0 Å². The van der Waals surface area contributed by atoms with E-state index in [-0.39, 0.29) is 30.1 Å². The first-order valence-corrected chi connectivity index (χ1v) is 10.7. The Kier molecular flexibility index (Phi) is 7.24. The van der Waals surface area contributed by atoms with Crippen molar-refractivity contribution in [1.29, 1.82) is 0 Å². The van der Waals surface area contributed by atoms with E-state index >= 15 is 0 Å². The maximum absolute atomic E-state index is 13.0. The molecular weight excluding hydrogens is 399 g/mol. The fourth-order valence-corrected chi connectivity index (χ4v) is 4.81. The standard InChI is InChI=1S/C21H28Cl2N2O3/c1-14(26)28-16-6-8-19(20(13-16)25-9-3-4-10-25)24(2)21(27)12-15-5-7-17(22)18(23)11-15/h5,7,11,16,19-20H,3-4,6,8-10,12-13H2,1-2H3. The van der Waals surface area contributed by atoms with Crippen LogP contribution in [-0.4, -0.2) is 60.0 Å². The van der Waals surface area contributed by atoms with E-state index in [0.717, 1.165) is 37.9 Å². The van der Waals surface area contributed by atoms with Crippen LogP contribution in [-0.2, 0) is 20.7 Å². The van der Waals surface area contributed by atoms with Gasteiger partial charge in [-0.2, -0.15) is 0 Å². The smallest absolute Gasteiger partial charge is 0.302 e. The third-order valence-corrected chi connectivity index (χ3v) is 6.64. The van der Waals surface area contributed by atoms with Gasteiger partial charge in [-0.05, 0) is 56.5 Å². The zero-order valence-electron chi connectivity index (χ0n) is 16.5. The highest BCUT2D eigenvalue weighted by atomic mass is 35.5. The van der Waals surface area contributed by atoms with Crippen LogP contribution in [0.5, 0.6) is 0 Å². The van der Waals surface area contributed by atoms with Gasteiger partial charge in [0.1, 0.15) is 6.10 Å². The van der Waals surface area contributed by atoms with Crippen molar-refractivity contribution >= 4 is 35.1 Å². The molecular formula is C21H28Cl2N2O3. The van der Waals surface area contributed by atoms with Crippen LogP contribution >= 0.6 is 23.2 Å². The summed E-state index contributed by atoms with van der Waals surface area (Å²) in [5, 5.41) is 0.954. The molecule has 154 valence electrons. The van der Waals surface area contributed by atoms with Crippen LogP contribution in [0.2, 0.25) is 10.0 Å². The van der Waals surface area contributed by atoms with E-state index in [1.54, 1.807) is 12.1 Å². The van der Waals surface area contributed by atoms with Gasteiger partial charge in [0.25, 0.3) is 0 Å². The van der Waals surface area contributed by atoms with Crippen LogP contribution < -0.4 is 0 Å². The molecule has 3 atom stereocenters. The molecule has 1 saturated heterocycles. The second-order valence-electron chi connectivity index (χ2n) is 7.85. The minimum absolute atomic E-state index is 0.0575. The lowest BCUT2D eigenvalue weighted by molar-refractivity contribution is -0.151. The Morgan fingerprint density at radius 2 is 1.89 bits per heavy atom. The minimum Gasteiger partial charge on any atom is -0.462 e. The second kappa shape index (κ2) is 9.47. The summed E-state index contributed by atoms with van der Waals surface area (Å²) in [4.78, 5) is 28.7. The van der Waals surface area contributed by atoms with Crippen molar-refractivity contribution in [2.45, 2.75) is 63.6 Å². The fourth-order valence-electron chi connectivity index (χ4n) is 4.49. The van der Waals surface area contributed by atoms with Gasteiger partial charge in [-0.3, -0.25) is 14.5 Å². The Balaban J connectivity index is 1.70. The normalized spacial score (nSPS) is 25.5. The average Bonchev–Trinajstić information content (AvgIpc) is 3.18. The maximum Gasteiger partial charge on any atom is 0.302 e. The van der Waals surface area contributed by atoms with E-state index in [9.17, 15) is 9.59 Å². The molecule has 1 heterocycles. The lowest BCUT2D eigenvalue weighted by atomic mass is 9.86. The highest BCUT2D eigenvalue weighted by molar-refractivity contribution is 6.42. The molecule has 0 bridgehead atoms. The number of hydrogen-bond donors (Lipinski definition) is 0. The Bertz CT molecular complexity index is 722. The Morgan fingerprint density at radius 3 is 2.54 bits per heavy atom. The van der Waals surface area contributed by atoms with Gasteiger partial charge in [-0.15, -0.1) is 0 Å². The Hall–Kier alpha value is -1.30. The summed E-state index contributed by atoms with van der Waals surface area (Å²) in [5.41, 5.74) is 0.859. The topological polar surface area (TPSA) is 49.9 Å². The Morgan fingerprint density at radius 1 is 1.18 bits per heavy atom. The van der Waals surface area contributed by atoms with Crippen molar-refractivity contribution in [1.82, 2.24) is 9.80 Å². The van der Waals surface area contributed by atoms with E-state index in [1.165, 1.54) is 19.8 Å². The Labute approximate surface area is 176 Å². The van der Waals surface area contributed by atoms with E-state index in [1.807, 2.05) is 18.0 Å². The highest BCUT2D eigenvalue weighted by Gasteiger charge is 2.39. The first kappa shape index (κ1) is 21.4. The number of benzene rings is 1. The third-order valence-electron chi connectivity index (χ3n) is 5.91. The van der Waals surface area contributed by atoms with Crippen LogP contribution in [0.1, 0.15) is 44.6 Å². The van der Waals surface area contributed by atoms with Crippen LogP contribution in [0, 0.1) is 0 Å². The van der Waals surface area contributed by atoms with Gasteiger partial charge >= 0.3 is 5.97 Å². The molecule has 1 amide bonds. The van der Waals surface area contributed by atoms with Gasteiger partial charge in [0, 0.05) is 32.5 Å². The molecule has 1 aliphatic carbocycles. The zero-order valence-corrected chi connectivity index (χ0v) is 18.0. The molecule has 28 heavy (non-hydrogen) atoms. The number of rotatable bonds is 5. The summed E-state index contributed by atoms with van der Waals surface area (Å²) in [6.45, 7) is 3.55. The third kappa shape index (κ3) is 5.19. The summed E-state index contributed by atoms with van der Waals surface area (Å²) >= 11 is 12.1. The molecule has 7 heteroatoms. The predicted octanol–water partition coefficient (Wildman–Crippen LogP) is 3.94. The van der Waals surface area contributed by atoms with Crippen molar-refractivity contribution in [3.8, 4) is 0 Å². The second-order valence-corrected chi connectivity index (χ2v) is 8.67. The zero-order chi connectivity index (χ0) is 20.3. The molecule has 3 unspecified atom stereocenters. The van der Waals surface area contributed by atoms with Gasteiger partial charge in [-0.1, -0.05) is 29.3 Å². The van der Waals surface area contributed by atoms with Crippen LogP contribution in [0.15, 0.2) is 18.2 Å². The molecule has 0 spiro atoms. The van der Waals surface area contributed by atoms with E-state index in [4.69, 9.17) is 27.9 Å². The van der Waals surface area contributed by atoms with Gasteiger partial charge in [0.05, 0.1) is 16.5 Å². The van der Waals surface area contributed by atoms with Crippen LogP contribution in [0.4, 0.5) is 0 Å². The predicted molar refractivity (Wildman–Crippen MR) is 111 cm³/mol. The van der Waals surface area contributed by atoms with Crippen LogP contribution in [0.25, 0.3) is 0 Å². The number of carbonyl (C=O) groups excluding carboxylic acids is 2. The molecule has 1 saturated carbocycles. The number of nitrogens with zero attached hydrogens (tertiary/aromatic N) is 2. The van der Waals surface area contributed by atoms with Gasteiger partial charge < -0.3 is 9.64 Å². The number of esters is 1. The van der Waals surface area contributed by atoms with Crippen molar-refractivity contribution in [3.63, 3.8) is 0 Å². The number of carbonyl (C=O) groups is 2. The van der Waals surface area contributed by atoms with Gasteiger partial charge in [0.2, 0.25) is 5.91 Å². The number of likely N-dealkylation sites (tertiary alicyclic amines) is 1. The summed E-state index contributed by atoms with van der Waals surface area (Å²) in [6, 6.07) is 5.67. The van der Waals surface area contributed by atoms with Crippen molar-refractivity contribution in [2.24, 2.45) is 0 Å². The number of hydrogen-bond acceptors (Lipinski definition) is 4. The van der Waals surface area contributed by atoms with E-state index < -0.39 is 0 Å². The fraction of sp³-hybridized carbons (Fsp3) is 0.619. The van der Waals surface area contributed by atoms with Crippen molar-refractivity contribution < 1.29 is 14.3 Å². The molecule has 1 aromatic rings. The molecule has 2 aliphatic rings. The highest BCUT2D eigenvalue weighted by Crippen LogP contribution is 2.31. The van der Waals surface area contributed by atoms with Crippen LogP contribution in [0.3, 0.4) is 0 Å². The molecule has 0 aromatic heterocycles. The molecule has 0 N–H and O–H groups in total. The number of ether oxygens (including phenoxy) is 1. The van der Waals surface area contributed by atoms with E-state index in [0.29, 0.717) is 16.5 Å². The summed E-state index contributed by atoms with van der Waals surface area (Å²) in [6.07, 6.45) is 5.02. The SMILES string of the molecule is CC(=O)OC1CCC(N(C)C(=O)Cc2ccc(Cl)c(Cl)c2)C(N2CCCC2)C1. The number of amides is 1. The monoisotopic (exact) mass is 426 g/mol. The lowest BCUT2D eigenvalue weighted by Gasteiger charge is -2.44. The number of likely N-dealkylation sites (N-methyl/N-ethyl adjacent to an activating group) is 1. The van der Waals surface area contributed by atoms with Gasteiger partial charge in [0.15, 0.2) is 0 Å². The minimum atomic E-state index is -0.229. The maximum atomic E-state index is 13.0. The van der Waals surface area contributed by atoms with Crippen molar-refractivity contribution in [2.75, 3.05) is 20.1 Å².